The van der Waals surface area contributed by atoms with Gasteiger partial charge in [-0.3, -0.25) is 9.20 Å². The van der Waals surface area contributed by atoms with E-state index >= 15 is 0 Å². The largest absolute Gasteiger partial charge is 0.373 e. The highest BCUT2D eigenvalue weighted by atomic mass is 32.1. The van der Waals surface area contributed by atoms with Crippen molar-refractivity contribution in [2.45, 2.75) is 25.4 Å². The maximum atomic E-state index is 12.1. The number of rotatable bonds is 5. The van der Waals surface area contributed by atoms with E-state index in [0.717, 1.165) is 23.5 Å². The molecule has 17 heavy (non-hydrogen) atoms. The highest BCUT2D eigenvalue weighted by molar-refractivity contribution is 7.15. The number of ether oxygens (including phenoxy) is 1. The fourth-order valence-electron chi connectivity index (χ4n) is 2.13. The van der Waals surface area contributed by atoms with Crippen LogP contribution in [0.3, 0.4) is 0 Å². The number of Topliss-reactive ketones (excluding diaryl/α,β-unsaturated/α-hetero) is 1. The molecule has 2 heterocycles. The first kappa shape index (κ1) is 10.9. The van der Waals surface area contributed by atoms with Crippen molar-refractivity contribution in [2.24, 2.45) is 5.92 Å². The van der Waals surface area contributed by atoms with Gasteiger partial charge in [-0.25, -0.2) is 4.98 Å². The lowest BCUT2D eigenvalue weighted by Gasteiger charge is -2.11. The molecule has 0 amide bonds. The minimum absolute atomic E-state index is 0.153. The maximum absolute atomic E-state index is 12.1. The van der Waals surface area contributed by atoms with Crippen LogP contribution in [0.2, 0.25) is 0 Å². The standard InChI is InChI=1S/C12H14N2O2S/c1-16-11(8-2-3-8)10(15)6-9-7-14-4-5-17-12(14)13-9/h4-5,7-8,11H,2-3,6H2,1H3. The van der Waals surface area contributed by atoms with E-state index in [1.54, 1.807) is 18.4 Å². The summed E-state index contributed by atoms with van der Waals surface area (Å²) in [4.78, 5) is 17.4. The van der Waals surface area contributed by atoms with E-state index < -0.39 is 0 Å². The molecule has 5 heteroatoms. The Morgan fingerprint density at radius 3 is 3.18 bits per heavy atom. The van der Waals surface area contributed by atoms with Crippen LogP contribution in [0.25, 0.3) is 4.96 Å². The summed E-state index contributed by atoms with van der Waals surface area (Å²) in [6, 6.07) is 0. The molecule has 1 saturated carbocycles. The number of thiazole rings is 1. The molecular formula is C12H14N2O2S. The van der Waals surface area contributed by atoms with Gasteiger partial charge in [0.1, 0.15) is 6.10 Å². The van der Waals surface area contributed by atoms with Gasteiger partial charge in [-0.15, -0.1) is 11.3 Å². The Hall–Kier alpha value is -1.20. The lowest BCUT2D eigenvalue weighted by Crippen LogP contribution is -2.26. The molecule has 1 unspecified atom stereocenters. The van der Waals surface area contributed by atoms with E-state index in [1.807, 2.05) is 22.2 Å². The molecule has 0 radical (unpaired) electrons. The van der Waals surface area contributed by atoms with Crippen LogP contribution in [0.1, 0.15) is 18.5 Å². The van der Waals surface area contributed by atoms with Crippen molar-refractivity contribution in [3.8, 4) is 0 Å². The van der Waals surface area contributed by atoms with Crippen LogP contribution < -0.4 is 0 Å². The van der Waals surface area contributed by atoms with Crippen molar-refractivity contribution >= 4 is 22.1 Å². The van der Waals surface area contributed by atoms with E-state index in [9.17, 15) is 4.79 Å². The van der Waals surface area contributed by atoms with E-state index in [-0.39, 0.29) is 11.9 Å². The predicted molar refractivity (Wildman–Crippen MR) is 65.3 cm³/mol. The highest BCUT2D eigenvalue weighted by Gasteiger charge is 2.36. The smallest absolute Gasteiger partial charge is 0.193 e. The van der Waals surface area contributed by atoms with Crippen LogP contribution in [0.5, 0.6) is 0 Å². The second-order valence-corrected chi connectivity index (χ2v) is 5.33. The molecule has 0 N–H and O–H groups in total. The molecule has 1 aliphatic rings. The van der Waals surface area contributed by atoms with Gasteiger partial charge in [0.25, 0.3) is 0 Å². The average Bonchev–Trinajstić information content (AvgIpc) is 2.89. The quantitative estimate of drug-likeness (QED) is 0.814. The van der Waals surface area contributed by atoms with Crippen molar-refractivity contribution in [1.29, 1.82) is 0 Å². The van der Waals surface area contributed by atoms with Crippen molar-refractivity contribution in [3.63, 3.8) is 0 Å². The Labute approximate surface area is 103 Å². The normalized spacial score (nSPS) is 17.5. The van der Waals surface area contributed by atoms with Gasteiger partial charge >= 0.3 is 0 Å². The first-order valence-corrected chi connectivity index (χ1v) is 6.62. The molecule has 2 aromatic heterocycles. The molecular weight excluding hydrogens is 236 g/mol. The first-order chi connectivity index (χ1) is 8.28. The van der Waals surface area contributed by atoms with E-state index in [4.69, 9.17) is 4.74 Å². The van der Waals surface area contributed by atoms with Crippen LogP contribution in [-0.4, -0.2) is 28.4 Å². The van der Waals surface area contributed by atoms with Crippen LogP contribution in [-0.2, 0) is 16.0 Å². The van der Waals surface area contributed by atoms with E-state index in [0.29, 0.717) is 12.3 Å². The van der Waals surface area contributed by atoms with Crippen molar-refractivity contribution < 1.29 is 9.53 Å². The number of hydrogen-bond acceptors (Lipinski definition) is 4. The number of methoxy groups -OCH3 is 1. The van der Waals surface area contributed by atoms with Gasteiger partial charge in [0.15, 0.2) is 10.7 Å². The summed E-state index contributed by atoms with van der Waals surface area (Å²) in [5.41, 5.74) is 0.838. The van der Waals surface area contributed by atoms with Gasteiger partial charge < -0.3 is 4.74 Å². The topological polar surface area (TPSA) is 43.6 Å². The molecule has 2 aromatic rings. The summed E-state index contributed by atoms with van der Waals surface area (Å²) >= 11 is 1.58. The number of imidazole rings is 1. The zero-order chi connectivity index (χ0) is 11.8. The third kappa shape index (κ3) is 2.12. The van der Waals surface area contributed by atoms with Gasteiger partial charge in [-0.05, 0) is 18.8 Å². The summed E-state index contributed by atoms with van der Waals surface area (Å²) in [5, 5.41) is 1.98. The zero-order valence-corrected chi connectivity index (χ0v) is 10.4. The summed E-state index contributed by atoms with van der Waals surface area (Å²) in [6.07, 6.45) is 6.25. The number of nitrogens with zero attached hydrogens (tertiary/aromatic N) is 2. The molecule has 1 aliphatic carbocycles. The second-order valence-electron chi connectivity index (χ2n) is 4.46. The van der Waals surface area contributed by atoms with E-state index in [2.05, 4.69) is 4.98 Å². The number of fused-ring (bicyclic) bond motifs is 1. The van der Waals surface area contributed by atoms with Crippen LogP contribution in [0, 0.1) is 5.92 Å². The number of ketones is 1. The molecule has 0 aromatic carbocycles. The van der Waals surface area contributed by atoms with Gasteiger partial charge in [-0.2, -0.15) is 0 Å². The third-order valence-electron chi connectivity index (χ3n) is 3.12. The summed E-state index contributed by atoms with van der Waals surface area (Å²) in [5.74, 6) is 0.594. The monoisotopic (exact) mass is 250 g/mol. The lowest BCUT2D eigenvalue weighted by atomic mass is 10.1. The number of carbonyl (C=O) groups excluding carboxylic acids is 1. The predicted octanol–water partition coefficient (Wildman–Crippen LogP) is 1.93. The summed E-state index contributed by atoms with van der Waals surface area (Å²) in [7, 11) is 1.62. The Balaban J connectivity index is 1.73. The number of aromatic nitrogens is 2. The fraction of sp³-hybridized carbons (Fsp3) is 0.500. The van der Waals surface area contributed by atoms with Gasteiger partial charge in [-0.1, -0.05) is 0 Å². The van der Waals surface area contributed by atoms with Crippen molar-refractivity contribution in [1.82, 2.24) is 9.38 Å². The van der Waals surface area contributed by atoms with Gasteiger partial charge in [0, 0.05) is 24.9 Å². The first-order valence-electron chi connectivity index (χ1n) is 5.74. The van der Waals surface area contributed by atoms with Gasteiger partial charge in [0.05, 0.1) is 12.1 Å². The van der Waals surface area contributed by atoms with Gasteiger partial charge in [0.2, 0.25) is 0 Å². The fourth-order valence-corrected chi connectivity index (χ4v) is 2.85. The Morgan fingerprint density at radius 1 is 1.71 bits per heavy atom. The molecule has 0 aliphatic heterocycles. The molecule has 0 saturated heterocycles. The van der Waals surface area contributed by atoms with E-state index in [1.165, 1.54) is 0 Å². The SMILES string of the molecule is COC(C(=O)Cc1cn2ccsc2n1)C1CC1. The maximum Gasteiger partial charge on any atom is 0.193 e. The third-order valence-corrected chi connectivity index (χ3v) is 3.89. The highest BCUT2D eigenvalue weighted by Crippen LogP contribution is 2.34. The zero-order valence-electron chi connectivity index (χ0n) is 9.63. The Morgan fingerprint density at radius 2 is 2.53 bits per heavy atom. The summed E-state index contributed by atoms with van der Waals surface area (Å²) in [6.45, 7) is 0. The molecule has 90 valence electrons. The molecule has 0 spiro atoms. The Bertz CT molecular complexity index is 513. The molecule has 4 nitrogen and oxygen atoms in total. The van der Waals surface area contributed by atoms with Crippen LogP contribution in [0.4, 0.5) is 0 Å². The molecule has 1 fully saturated rings. The van der Waals surface area contributed by atoms with Crippen molar-refractivity contribution in [3.05, 3.63) is 23.5 Å². The summed E-state index contributed by atoms with van der Waals surface area (Å²) < 4.78 is 7.23. The second kappa shape index (κ2) is 4.23. The minimum atomic E-state index is -0.227. The average molecular weight is 250 g/mol. The Kier molecular flexibility index (Phi) is 2.72. The van der Waals surface area contributed by atoms with Crippen LogP contribution in [0.15, 0.2) is 17.8 Å². The van der Waals surface area contributed by atoms with Crippen molar-refractivity contribution in [2.75, 3.05) is 7.11 Å². The van der Waals surface area contributed by atoms with Crippen LogP contribution >= 0.6 is 11.3 Å². The minimum Gasteiger partial charge on any atom is -0.373 e. The lowest BCUT2D eigenvalue weighted by molar-refractivity contribution is -0.129. The number of hydrogen-bond donors (Lipinski definition) is 0. The molecule has 0 bridgehead atoms. The number of carbonyl (C=O) groups is 1. The molecule has 1 atom stereocenters. The molecule has 3 rings (SSSR count).